The van der Waals surface area contributed by atoms with Gasteiger partial charge >= 0.3 is 0 Å². The van der Waals surface area contributed by atoms with Crippen LogP contribution in [-0.2, 0) is 13.6 Å². The number of imidazole rings is 1. The summed E-state index contributed by atoms with van der Waals surface area (Å²) >= 11 is 1.46. The minimum absolute atomic E-state index is 0.211. The van der Waals surface area contributed by atoms with Crippen molar-refractivity contribution >= 4 is 32.6 Å². The van der Waals surface area contributed by atoms with Gasteiger partial charge in [0, 0.05) is 37.9 Å². The highest BCUT2D eigenvalue weighted by molar-refractivity contribution is 7.22. The highest BCUT2D eigenvalue weighted by atomic mass is 32.1. The number of amides is 1. The van der Waals surface area contributed by atoms with Gasteiger partial charge in [0.05, 0.1) is 23.9 Å². The van der Waals surface area contributed by atoms with E-state index in [1.807, 2.05) is 30.3 Å². The molecule has 0 aliphatic rings. The Morgan fingerprint density at radius 3 is 2.89 bits per heavy atom. The smallest absolute Gasteiger partial charge is 0.296 e. The molecule has 27 heavy (non-hydrogen) atoms. The molecule has 0 unspecified atom stereocenters. The summed E-state index contributed by atoms with van der Waals surface area (Å²) < 4.78 is 7.96. The Labute approximate surface area is 159 Å². The summed E-state index contributed by atoms with van der Waals surface area (Å²) in [6, 6.07) is 9.48. The number of nitrogens with zero attached hydrogens (tertiary/aromatic N) is 5. The van der Waals surface area contributed by atoms with Gasteiger partial charge in [0.2, 0.25) is 0 Å². The first-order valence-electron chi connectivity index (χ1n) is 8.28. The van der Waals surface area contributed by atoms with E-state index in [1.54, 1.807) is 48.4 Å². The Hall–Kier alpha value is -3.26. The summed E-state index contributed by atoms with van der Waals surface area (Å²) in [6.45, 7) is 0.358. The Morgan fingerprint density at radius 1 is 1.30 bits per heavy atom. The number of thiazole rings is 1. The van der Waals surface area contributed by atoms with Gasteiger partial charge in [0.25, 0.3) is 5.91 Å². The fraction of sp³-hybridized carbons (Fsp3) is 0.158. The second-order valence-electron chi connectivity index (χ2n) is 5.94. The van der Waals surface area contributed by atoms with E-state index in [-0.39, 0.29) is 5.91 Å². The van der Waals surface area contributed by atoms with Crippen LogP contribution in [-0.4, -0.2) is 32.5 Å². The fourth-order valence-electron chi connectivity index (χ4n) is 2.73. The van der Waals surface area contributed by atoms with E-state index in [9.17, 15) is 4.79 Å². The molecule has 0 atom stereocenters. The number of aromatic nitrogens is 4. The maximum atomic E-state index is 13.2. The summed E-state index contributed by atoms with van der Waals surface area (Å²) in [5.41, 5.74) is 1.70. The molecule has 4 rings (SSSR count). The molecule has 136 valence electrons. The highest BCUT2D eigenvalue weighted by Gasteiger charge is 2.24. The number of carbonyl (C=O) groups is 1. The van der Waals surface area contributed by atoms with Gasteiger partial charge in [-0.2, -0.15) is 0 Å². The molecule has 4 aromatic rings. The third kappa shape index (κ3) is 3.39. The molecule has 0 saturated heterocycles. The minimum Gasteiger partial charge on any atom is -0.497 e. The van der Waals surface area contributed by atoms with Gasteiger partial charge in [-0.3, -0.25) is 14.7 Å². The van der Waals surface area contributed by atoms with Crippen LogP contribution in [0.15, 0.2) is 55.1 Å². The number of methoxy groups -OCH3 is 1. The molecule has 0 N–H and O–H groups in total. The summed E-state index contributed by atoms with van der Waals surface area (Å²) in [5.74, 6) is 0.877. The van der Waals surface area contributed by atoms with Gasteiger partial charge in [-0.15, -0.1) is 0 Å². The van der Waals surface area contributed by atoms with Gasteiger partial charge in [-0.05, 0) is 23.8 Å². The van der Waals surface area contributed by atoms with E-state index in [0.29, 0.717) is 17.5 Å². The van der Waals surface area contributed by atoms with Crippen LogP contribution in [0, 0.1) is 0 Å². The first-order chi connectivity index (χ1) is 13.2. The van der Waals surface area contributed by atoms with Gasteiger partial charge < -0.3 is 9.30 Å². The van der Waals surface area contributed by atoms with Crippen LogP contribution < -0.4 is 9.64 Å². The van der Waals surface area contributed by atoms with E-state index in [0.717, 1.165) is 21.5 Å². The van der Waals surface area contributed by atoms with Gasteiger partial charge in [-0.25, -0.2) is 9.97 Å². The Kier molecular flexibility index (Phi) is 4.55. The molecular formula is C19H17N5O2S. The monoisotopic (exact) mass is 379 g/mol. The molecule has 0 saturated carbocycles. The quantitative estimate of drug-likeness (QED) is 0.532. The lowest BCUT2D eigenvalue weighted by Gasteiger charge is -2.19. The number of ether oxygens (including phenoxy) is 1. The molecule has 0 fully saturated rings. The maximum Gasteiger partial charge on any atom is 0.296 e. The number of benzene rings is 1. The fourth-order valence-corrected chi connectivity index (χ4v) is 3.67. The van der Waals surface area contributed by atoms with E-state index in [2.05, 4.69) is 15.0 Å². The van der Waals surface area contributed by atoms with Crippen molar-refractivity contribution in [3.63, 3.8) is 0 Å². The molecule has 0 radical (unpaired) electrons. The average molecular weight is 379 g/mol. The lowest BCUT2D eigenvalue weighted by molar-refractivity contribution is 0.0972. The zero-order valence-corrected chi connectivity index (χ0v) is 15.7. The van der Waals surface area contributed by atoms with E-state index >= 15 is 0 Å². The summed E-state index contributed by atoms with van der Waals surface area (Å²) in [6.07, 6.45) is 6.81. The lowest BCUT2D eigenvalue weighted by Crippen LogP contribution is -2.32. The molecular weight excluding hydrogens is 362 g/mol. The van der Waals surface area contributed by atoms with Crippen molar-refractivity contribution < 1.29 is 9.53 Å². The average Bonchev–Trinajstić information content (AvgIpc) is 3.31. The van der Waals surface area contributed by atoms with Crippen molar-refractivity contribution in [1.82, 2.24) is 19.5 Å². The SMILES string of the molecule is COc1ccc2sc(N(Cc3cccnc3)C(=O)c3nccn3C)nc2c1. The van der Waals surface area contributed by atoms with Crippen LogP contribution in [0.2, 0.25) is 0 Å². The van der Waals surface area contributed by atoms with E-state index < -0.39 is 0 Å². The number of rotatable bonds is 5. The van der Waals surface area contributed by atoms with Crippen molar-refractivity contribution in [2.75, 3.05) is 12.0 Å². The molecule has 0 aliphatic heterocycles. The van der Waals surface area contributed by atoms with Gasteiger partial charge in [-0.1, -0.05) is 17.4 Å². The number of fused-ring (bicyclic) bond motifs is 1. The normalized spacial score (nSPS) is 10.9. The van der Waals surface area contributed by atoms with Gasteiger partial charge in [0.1, 0.15) is 5.75 Å². The Bertz CT molecular complexity index is 1090. The van der Waals surface area contributed by atoms with Crippen LogP contribution >= 0.6 is 11.3 Å². The standard InChI is InChI=1S/C19H17N5O2S/c1-23-9-8-21-17(23)18(25)24(12-13-4-3-7-20-11-13)19-22-15-10-14(26-2)5-6-16(15)27-19/h3-11H,12H2,1-2H3. The molecule has 3 aromatic heterocycles. The van der Waals surface area contributed by atoms with Crippen LogP contribution in [0.4, 0.5) is 5.13 Å². The first kappa shape index (κ1) is 17.2. The molecule has 1 amide bonds. The number of aryl methyl sites for hydroxylation is 1. The molecule has 0 bridgehead atoms. The number of anilines is 1. The van der Waals surface area contributed by atoms with Crippen molar-refractivity contribution in [3.8, 4) is 5.75 Å². The zero-order valence-electron chi connectivity index (χ0n) is 14.9. The zero-order chi connectivity index (χ0) is 18.8. The largest absolute Gasteiger partial charge is 0.497 e. The topological polar surface area (TPSA) is 73.1 Å². The number of hydrogen-bond acceptors (Lipinski definition) is 6. The predicted molar refractivity (Wildman–Crippen MR) is 104 cm³/mol. The van der Waals surface area contributed by atoms with Crippen LogP contribution in [0.25, 0.3) is 10.2 Å². The number of carbonyl (C=O) groups excluding carboxylic acids is 1. The summed E-state index contributed by atoms with van der Waals surface area (Å²) in [7, 11) is 3.42. The van der Waals surface area contributed by atoms with Crippen molar-refractivity contribution in [2.24, 2.45) is 7.05 Å². The summed E-state index contributed by atoms with van der Waals surface area (Å²) in [4.78, 5) is 27.8. The minimum atomic E-state index is -0.211. The van der Waals surface area contributed by atoms with E-state index in [1.165, 1.54) is 11.3 Å². The van der Waals surface area contributed by atoms with Crippen LogP contribution in [0.3, 0.4) is 0 Å². The molecule has 1 aromatic carbocycles. The second kappa shape index (κ2) is 7.16. The van der Waals surface area contributed by atoms with Crippen molar-refractivity contribution in [2.45, 2.75) is 6.54 Å². The Balaban J connectivity index is 1.77. The number of pyridine rings is 1. The van der Waals surface area contributed by atoms with Crippen molar-refractivity contribution in [3.05, 3.63) is 66.5 Å². The predicted octanol–water partition coefficient (Wildman–Crippen LogP) is 3.28. The summed E-state index contributed by atoms with van der Waals surface area (Å²) in [5, 5.41) is 0.607. The third-order valence-electron chi connectivity index (χ3n) is 4.14. The van der Waals surface area contributed by atoms with E-state index in [4.69, 9.17) is 4.74 Å². The lowest BCUT2D eigenvalue weighted by atomic mass is 10.2. The Morgan fingerprint density at radius 2 is 2.19 bits per heavy atom. The maximum absolute atomic E-state index is 13.2. The van der Waals surface area contributed by atoms with Crippen molar-refractivity contribution in [1.29, 1.82) is 0 Å². The first-order valence-corrected chi connectivity index (χ1v) is 9.10. The van der Waals surface area contributed by atoms with Gasteiger partial charge in [0.15, 0.2) is 11.0 Å². The third-order valence-corrected chi connectivity index (χ3v) is 5.19. The molecule has 7 nitrogen and oxygen atoms in total. The number of hydrogen-bond donors (Lipinski definition) is 0. The van der Waals surface area contributed by atoms with Crippen LogP contribution in [0.5, 0.6) is 5.75 Å². The second-order valence-corrected chi connectivity index (χ2v) is 6.95. The molecule has 8 heteroatoms. The van der Waals surface area contributed by atoms with Crippen LogP contribution in [0.1, 0.15) is 16.2 Å². The molecule has 0 aliphatic carbocycles. The molecule has 3 heterocycles. The highest BCUT2D eigenvalue weighted by Crippen LogP contribution is 2.32. The molecule has 0 spiro atoms.